The highest BCUT2D eigenvalue weighted by atomic mass is 32.1. The summed E-state index contributed by atoms with van der Waals surface area (Å²) < 4.78 is 15.9. The zero-order valence-electron chi connectivity index (χ0n) is 18.6. The Morgan fingerprint density at radius 3 is 2.85 bits per heavy atom. The summed E-state index contributed by atoms with van der Waals surface area (Å²) in [6, 6.07) is 7.21. The second-order valence-corrected chi connectivity index (χ2v) is 10.5. The molecule has 2 saturated heterocycles. The van der Waals surface area contributed by atoms with Crippen molar-refractivity contribution in [3.63, 3.8) is 0 Å². The maximum absolute atomic E-state index is 14.3. The van der Waals surface area contributed by atoms with Gasteiger partial charge >= 0.3 is 0 Å². The third kappa shape index (κ3) is 3.65. The number of aryl methyl sites for hydroxylation is 1. The molecule has 7 nitrogen and oxygen atoms in total. The molecule has 6 rings (SSSR count). The van der Waals surface area contributed by atoms with E-state index in [0.717, 1.165) is 35.7 Å². The van der Waals surface area contributed by atoms with Gasteiger partial charge in [-0.3, -0.25) is 4.79 Å². The van der Waals surface area contributed by atoms with Crippen molar-refractivity contribution in [1.82, 2.24) is 19.3 Å². The summed E-state index contributed by atoms with van der Waals surface area (Å²) in [5, 5.41) is 3.74. The summed E-state index contributed by atoms with van der Waals surface area (Å²) >= 11 is 1.36. The molecule has 1 N–H and O–H groups in total. The van der Waals surface area contributed by atoms with Crippen molar-refractivity contribution in [2.45, 2.75) is 19.8 Å². The lowest BCUT2D eigenvalue weighted by molar-refractivity contribution is 0.0779. The van der Waals surface area contributed by atoms with Gasteiger partial charge in [0.2, 0.25) is 0 Å². The number of carbonyl (C=O) groups is 1. The van der Waals surface area contributed by atoms with E-state index in [2.05, 4.69) is 27.1 Å². The molecule has 0 atom stereocenters. The highest BCUT2D eigenvalue weighted by Crippen LogP contribution is 2.41. The number of nitrogens with zero attached hydrogens (tertiary/aromatic N) is 5. The topological polar surface area (TPSA) is 65.8 Å². The van der Waals surface area contributed by atoms with Crippen LogP contribution in [0, 0.1) is 18.2 Å². The van der Waals surface area contributed by atoms with Gasteiger partial charge in [0.15, 0.2) is 11.5 Å². The van der Waals surface area contributed by atoms with E-state index >= 15 is 0 Å². The van der Waals surface area contributed by atoms with Crippen LogP contribution in [-0.4, -0.2) is 58.4 Å². The monoisotopic (exact) mass is 464 g/mol. The first-order valence-electron chi connectivity index (χ1n) is 11.2. The molecule has 4 aromatic rings. The standard InChI is InChI=1S/C24H25FN6OS/c1-15-10-30-11-17(9-18(25)21(30)26-15)27-22(32)19-8-16-4-5-20(28-23(16)33-19)31-13-24(14-31)6-3-7-29(2)12-24/h4-5,8-11H,3,6-7,12-14H2,1-2H3,(H,27,32). The van der Waals surface area contributed by atoms with Gasteiger partial charge in [0.25, 0.3) is 5.91 Å². The largest absolute Gasteiger partial charge is 0.355 e. The van der Waals surface area contributed by atoms with Gasteiger partial charge in [0.05, 0.1) is 16.3 Å². The van der Waals surface area contributed by atoms with Crippen LogP contribution in [0.4, 0.5) is 15.9 Å². The van der Waals surface area contributed by atoms with E-state index < -0.39 is 5.82 Å². The molecular formula is C24H25FN6OS. The first-order chi connectivity index (χ1) is 15.9. The number of likely N-dealkylation sites (tertiary alicyclic amines) is 1. The molecule has 0 radical (unpaired) electrons. The molecule has 0 unspecified atom stereocenters. The minimum Gasteiger partial charge on any atom is -0.355 e. The number of hydrogen-bond donors (Lipinski definition) is 1. The Morgan fingerprint density at radius 2 is 2.03 bits per heavy atom. The zero-order chi connectivity index (χ0) is 22.7. The number of thiophene rings is 1. The highest BCUT2D eigenvalue weighted by Gasteiger charge is 2.45. The number of hydrogen-bond acceptors (Lipinski definition) is 6. The molecule has 2 aliphatic heterocycles. The van der Waals surface area contributed by atoms with Crippen molar-refractivity contribution in [2.24, 2.45) is 5.41 Å². The lowest BCUT2D eigenvalue weighted by atomic mass is 9.73. The molecule has 2 fully saturated rings. The van der Waals surface area contributed by atoms with E-state index in [9.17, 15) is 9.18 Å². The van der Waals surface area contributed by atoms with E-state index in [4.69, 9.17) is 4.98 Å². The summed E-state index contributed by atoms with van der Waals surface area (Å²) in [5.41, 5.74) is 1.75. The molecule has 0 aliphatic carbocycles. The Labute approximate surface area is 194 Å². The SMILES string of the molecule is Cc1cn2cc(NC(=O)c3cc4ccc(N5CC6(CCCN(C)C6)C5)nc4s3)cc(F)c2n1. The van der Waals surface area contributed by atoms with Crippen LogP contribution in [0.5, 0.6) is 0 Å². The van der Waals surface area contributed by atoms with Crippen LogP contribution in [0.1, 0.15) is 28.2 Å². The highest BCUT2D eigenvalue weighted by molar-refractivity contribution is 7.20. The van der Waals surface area contributed by atoms with Crippen LogP contribution in [0.25, 0.3) is 15.9 Å². The Morgan fingerprint density at radius 1 is 1.18 bits per heavy atom. The minimum absolute atomic E-state index is 0.247. The maximum Gasteiger partial charge on any atom is 0.265 e. The van der Waals surface area contributed by atoms with Crippen LogP contribution >= 0.6 is 11.3 Å². The van der Waals surface area contributed by atoms with E-state index in [1.807, 2.05) is 18.2 Å². The van der Waals surface area contributed by atoms with Crippen LogP contribution in [0.3, 0.4) is 0 Å². The van der Waals surface area contributed by atoms with Gasteiger partial charge in [-0.05, 0) is 51.6 Å². The van der Waals surface area contributed by atoms with E-state index in [-0.39, 0.29) is 11.6 Å². The van der Waals surface area contributed by atoms with Crippen molar-refractivity contribution in [3.05, 3.63) is 53.0 Å². The molecule has 33 heavy (non-hydrogen) atoms. The predicted molar refractivity (Wildman–Crippen MR) is 129 cm³/mol. The average Bonchev–Trinajstić information content (AvgIpc) is 3.34. The molecule has 9 heteroatoms. The summed E-state index contributed by atoms with van der Waals surface area (Å²) in [6.07, 6.45) is 5.94. The Balaban J connectivity index is 1.19. The number of fused-ring (bicyclic) bond motifs is 2. The molecule has 6 heterocycles. The quantitative estimate of drug-likeness (QED) is 0.493. The van der Waals surface area contributed by atoms with Crippen LogP contribution in [0.15, 0.2) is 36.7 Å². The van der Waals surface area contributed by atoms with Gasteiger partial charge in [-0.2, -0.15) is 0 Å². The lowest BCUT2D eigenvalue weighted by Crippen LogP contribution is -2.62. The average molecular weight is 465 g/mol. The Hall–Kier alpha value is -3.04. The lowest BCUT2D eigenvalue weighted by Gasteiger charge is -2.54. The number of rotatable bonds is 3. The molecular weight excluding hydrogens is 439 g/mol. The number of halogens is 1. The molecule has 170 valence electrons. The number of carbonyl (C=O) groups excluding carboxylic acids is 1. The van der Waals surface area contributed by atoms with E-state index in [0.29, 0.717) is 21.7 Å². The van der Waals surface area contributed by atoms with Crippen LogP contribution < -0.4 is 10.2 Å². The molecule has 1 spiro atoms. The minimum atomic E-state index is -0.472. The second kappa shape index (κ2) is 7.50. The third-order valence-electron chi connectivity index (χ3n) is 6.71. The number of aromatic nitrogens is 3. The van der Waals surface area contributed by atoms with Gasteiger partial charge in [0.1, 0.15) is 10.6 Å². The van der Waals surface area contributed by atoms with Crippen molar-refractivity contribution in [3.8, 4) is 0 Å². The van der Waals surface area contributed by atoms with Crippen LogP contribution in [0.2, 0.25) is 0 Å². The number of amides is 1. The fraction of sp³-hybridized carbons (Fsp3) is 0.375. The van der Waals surface area contributed by atoms with Gasteiger partial charge < -0.3 is 19.5 Å². The molecule has 1 amide bonds. The summed E-state index contributed by atoms with van der Waals surface area (Å²) in [6.45, 7) is 6.22. The first kappa shape index (κ1) is 20.6. The normalized spacial score (nSPS) is 18.2. The smallest absolute Gasteiger partial charge is 0.265 e. The number of nitrogens with one attached hydrogen (secondary N) is 1. The van der Waals surface area contributed by atoms with Crippen LogP contribution in [-0.2, 0) is 0 Å². The van der Waals surface area contributed by atoms with Gasteiger partial charge in [0, 0.05) is 48.9 Å². The van der Waals surface area contributed by atoms with Crippen molar-refractivity contribution in [2.75, 3.05) is 43.4 Å². The molecule has 4 aromatic heterocycles. The third-order valence-corrected chi connectivity index (χ3v) is 7.75. The number of imidazole rings is 1. The predicted octanol–water partition coefficient (Wildman–Crippen LogP) is 4.18. The fourth-order valence-electron chi connectivity index (χ4n) is 5.27. The van der Waals surface area contributed by atoms with E-state index in [1.165, 1.54) is 36.8 Å². The Kier molecular flexibility index (Phi) is 4.67. The summed E-state index contributed by atoms with van der Waals surface area (Å²) in [4.78, 5) is 28.0. The number of pyridine rings is 2. The van der Waals surface area contributed by atoms with Crippen molar-refractivity contribution >= 4 is 44.6 Å². The second-order valence-electron chi connectivity index (χ2n) is 9.52. The molecule has 0 saturated carbocycles. The maximum atomic E-state index is 14.3. The van der Waals surface area contributed by atoms with Crippen molar-refractivity contribution in [1.29, 1.82) is 0 Å². The summed E-state index contributed by atoms with van der Waals surface area (Å²) in [7, 11) is 2.20. The molecule has 2 aliphatic rings. The van der Waals surface area contributed by atoms with Crippen molar-refractivity contribution < 1.29 is 9.18 Å². The summed E-state index contributed by atoms with van der Waals surface area (Å²) in [5.74, 6) is 0.224. The number of anilines is 2. The Bertz CT molecular complexity index is 1390. The zero-order valence-corrected chi connectivity index (χ0v) is 19.5. The van der Waals surface area contributed by atoms with Gasteiger partial charge in [-0.1, -0.05) is 0 Å². The van der Waals surface area contributed by atoms with E-state index in [1.54, 1.807) is 23.7 Å². The number of piperidine rings is 1. The molecule has 0 bridgehead atoms. The fourth-order valence-corrected chi connectivity index (χ4v) is 6.20. The molecule has 0 aromatic carbocycles. The van der Waals surface area contributed by atoms with Gasteiger partial charge in [-0.25, -0.2) is 14.4 Å². The van der Waals surface area contributed by atoms with Gasteiger partial charge in [-0.15, -0.1) is 11.3 Å². The first-order valence-corrected chi connectivity index (χ1v) is 12.0.